The zero-order chi connectivity index (χ0) is 13.0. The van der Waals surface area contributed by atoms with E-state index >= 15 is 0 Å². The van der Waals surface area contributed by atoms with Gasteiger partial charge in [0.2, 0.25) is 0 Å². The van der Waals surface area contributed by atoms with Crippen LogP contribution in [0.25, 0.3) is 0 Å². The minimum absolute atomic E-state index is 0.0822. The van der Waals surface area contributed by atoms with Crippen LogP contribution in [0.15, 0.2) is 12.1 Å². The maximum Gasteiger partial charge on any atom is 0.151 e. The quantitative estimate of drug-likeness (QED) is 0.812. The SMILES string of the molecule is Nc1cc(F)c(NCCN2CCCCC2)c(F)c1. The second-order valence-electron chi connectivity index (χ2n) is 4.69. The number of nitrogens with zero attached hydrogens (tertiary/aromatic N) is 1. The summed E-state index contributed by atoms with van der Waals surface area (Å²) in [6.07, 6.45) is 3.71. The first-order valence-electron chi connectivity index (χ1n) is 6.37. The lowest BCUT2D eigenvalue weighted by atomic mass is 10.1. The highest BCUT2D eigenvalue weighted by atomic mass is 19.1. The van der Waals surface area contributed by atoms with E-state index in [9.17, 15) is 8.78 Å². The number of hydrogen-bond donors (Lipinski definition) is 2. The number of piperidine rings is 1. The molecular weight excluding hydrogens is 236 g/mol. The molecule has 0 atom stereocenters. The standard InChI is InChI=1S/C13H19F2N3/c14-11-8-10(16)9-12(15)13(11)17-4-7-18-5-2-1-3-6-18/h8-9,17H,1-7,16H2. The van der Waals surface area contributed by atoms with Gasteiger partial charge in [-0.25, -0.2) is 8.78 Å². The van der Waals surface area contributed by atoms with Gasteiger partial charge in [-0.3, -0.25) is 0 Å². The Morgan fingerprint density at radius 2 is 1.72 bits per heavy atom. The first-order valence-corrected chi connectivity index (χ1v) is 6.37. The van der Waals surface area contributed by atoms with Gasteiger partial charge in [0, 0.05) is 18.8 Å². The molecule has 1 heterocycles. The lowest BCUT2D eigenvalue weighted by Gasteiger charge is -2.26. The molecule has 1 aliphatic rings. The summed E-state index contributed by atoms with van der Waals surface area (Å²) in [5.74, 6) is -1.27. The molecule has 0 unspecified atom stereocenters. The smallest absolute Gasteiger partial charge is 0.151 e. The van der Waals surface area contributed by atoms with E-state index in [2.05, 4.69) is 10.2 Å². The molecule has 3 N–H and O–H groups in total. The highest BCUT2D eigenvalue weighted by Gasteiger charge is 2.12. The Kier molecular flexibility index (Phi) is 4.36. The zero-order valence-corrected chi connectivity index (χ0v) is 10.4. The van der Waals surface area contributed by atoms with E-state index in [4.69, 9.17) is 5.73 Å². The van der Waals surface area contributed by atoms with E-state index in [0.29, 0.717) is 6.54 Å². The van der Waals surface area contributed by atoms with Crippen LogP contribution in [0.1, 0.15) is 19.3 Å². The lowest BCUT2D eigenvalue weighted by Crippen LogP contribution is -2.33. The van der Waals surface area contributed by atoms with Crippen molar-refractivity contribution in [3.05, 3.63) is 23.8 Å². The second kappa shape index (κ2) is 6.00. The van der Waals surface area contributed by atoms with Gasteiger partial charge in [0.1, 0.15) is 5.69 Å². The fourth-order valence-corrected chi connectivity index (χ4v) is 2.28. The first kappa shape index (κ1) is 13.1. The van der Waals surface area contributed by atoms with E-state index in [1.54, 1.807) is 0 Å². The van der Waals surface area contributed by atoms with Crippen LogP contribution in [0.4, 0.5) is 20.2 Å². The van der Waals surface area contributed by atoms with Crippen molar-refractivity contribution in [3.63, 3.8) is 0 Å². The van der Waals surface area contributed by atoms with E-state index in [1.165, 1.54) is 19.3 Å². The predicted molar refractivity (Wildman–Crippen MR) is 69.6 cm³/mol. The monoisotopic (exact) mass is 255 g/mol. The molecule has 100 valence electrons. The number of halogens is 2. The van der Waals surface area contributed by atoms with E-state index in [-0.39, 0.29) is 11.4 Å². The minimum Gasteiger partial charge on any atom is -0.399 e. The number of rotatable bonds is 4. The van der Waals surface area contributed by atoms with Gasteiger partial charge in [0.15, 0.2) is 11.6 Å². The number of nitrogens with two attached hydrogens (primary N) is 1. The zero-order valence-electron chi connectivity index (χ0n) is 10.4. The largest absolute Gasteiger partial charge is 0.399 e. The van der Waals surface area contributed by atoms with E-state index in [1.807, 2.05) is 0 Å². The van der Waals surface area contributed by atoms with Crippen LogP contribution in [-0.2, 0) is 0 Å². The third-order valence-corrected chi connectivity index (χ3v) is 3.24. The summed E-state index contributed by atoms with van der Waals surface area (Å²) in [6.45, 7) is 3.50. The van der Waals surface area contributed by atoms with Crippen LogP contribution < -0.4 is 11.1 Å². The van der Waals surface area contributed by atoms with Crippen molar-refractivity contribution in [3.8, 4) is 0 Å². The van der Waals surface area contributed by atoms with Crippen molar-refractivity contribution in [2.24, 2.45) is 0 Å². The molecule has 1 fully saturated rings. The molecule has 0 aliphatic carbocycles. The Bertz CT molecular complexity index is 380. The topological polar surface area (TPSA) is 41.3 Å². The first-order chi connectivity index (χ1) is 8.66. The van der Waals surface area contributed by atoms with Crippen LogP contribution in [0.3, 0.4) is 0 Å². The molecule has 1 aliphatic heterocycles. The summed E-state index contributed by atoms with van der Waals surface area (Å²) in [5, 5.41) is 2.81. The Morgan fingerprint density at radius 1 is 1.11 bits per heavy atom. The Morgan fingerprint density at radius 3 is 2.33 bits per heavy atom. The molecule has 0 amide bonds. The summed E-state index contributed by atoms with van der Waals surface area (Å²) in [4.78, 5) is 2.31. The minimum atomic E-state index is -0.633. The van der Waals surface area contributed by atoms with Crippen LogP contribution >= 0.6 is 0 Å². The van der Waals surface area contributed by atoms with Gasteiger partial charge in [-0.2, -0.15) is 0 Å². The number of anilines is 2. The molecule has 1 saturated heterocycles. The summed E-state index contributed by atoms with van der Waals surface area (Å²) in [7, 11) is 0. The summed E-state index contributed by atoms with van der Waals surface area (Å²) in [5.41, 5.74) is 5.38. The Labute approximate surface area is 106 Å². The maximum atomic E-state index is 13.5. The number of hydrogen-bond acceptors (Lipinski definition) is 3. The molecule has 0 aromatic heterocycles. The number of nitrogen functional groups attached to an aromatic ring is 1. The van der Waals surface area contributed by atoms with Gasteiger partial charge in [0.25, 0.3) is 0 Å². The van der Waals surface area contributed by atoms with Gasteiger partial charge in [-0.05, 0) is 38.1 Å². The van der Waals surface area contributed by atoms with Gasteiger partial charge in [0.05, 0.1) is 0 Å². The Balaban J connectivity index is 1.86. The molecule has 1 aromatic rings. The fourth-order valence-electron chi connectivity index (χ4n) is 2.28. The van der Waals surface area contributed by atoms with Crippen molar-refractivity contribution < 1.29 is 8.78 Å². The van der Waals surface area contributed by atoms with E-state index in [0.717, 1.165) is 31.8 Å². The summed E-state index contributed by atoms with van der Waals surface area (Å²) < 4.78 is 27.0. The highest BCUT2D eigenvalue weighted by Crippen LogP contribution is 2.21. The van der Waals surface area contributed by atoms with Gasteiger partial charge < -0.3 is 16.0 Å². The third-order valence-electron chi connectivity index (χ3n) is 3.24. The molecule has 3 nitrogen and oxygen atoms in total. The maximum absolute atomic E-state index is 13.5. The predicted octanol–water partition coefficient (Wildman–Crippen LogP) is 2.44. The fraction of sp³-hybridized carbons (Fsp3) is 0.538. The van der Waals surface area contributed by atoms with Gasteiger partial charge in [-0.15, -0.1) is 0 Å². The summed E-state index contributed by atoms with van der Waals surface area (Å²) in [6, 6.07) is 2.26. The van der Waals surface area contributed by atoms with Crippen molar-refractivity contribution in [1.29, 1.82) is 0 Å². The Hall–Kier alpha value is -1.36. The van der Waals surface area contributed by atoms with Crippen LogP contribution in [0, 0.1) is 11.6 Å². The highest BCUT2D eigenvalue weighted by molar-refractivity contribution is 5.54. The van der Waals surface area contributed by atoms with Crippen molar-refractivity contribution in [2.45, 2.75) is 19.3 Å². The average molecular weight is 255 g/mol. The van der Waals surface area contributed by atoms with Crippen LogP contribution in [0.2, 0.25) is 0 Å². The molecule has 0 bridgehead atoms. The molecule has 0 saturated carbocycles. The number of likely N-dealkylation sites (tertiary alicyclic amines) is 1. The van der Waals surface area contributed by atoms with Crippen molar-refractivity contribution >= 4 is 11.4 Å². The van der Waals surface area contributed by atoms with Gasteiger partial charge in [-0.1, -0.05) is 6.42 Å². The third kappa shape index (κ3) is 3.32. The normalized spacial score (nSPS) is 16.8. The number of benzene rings is 1. The number of nitrogens with one attached hydrogen (secondary N) is 1. The average Bonchev–Trinajstić information content (AvgIpc) is 2.34. The molecular formula is C13H19F2N3. The molecule has 0 spiro atoms. The molecule has 1 aromatic carbocycles. The van der Waals surface area contributed by atoms with Crippen molar-refractivity contribution in [1.82, 2.24) is 4.90 Å². The van der Waals surface area contributed by atoms with Crippen LogP contribution in [-0.4, -0.2) is 31.1 Å². The van der Waals surface area contributed by atoms with E-state index < -0.39 is 11.6 Å². The molecule has 0 radical (unpaired) electrons. The molecule has 5 heteroatoms. The second-order valence-corrected chi connectivity index (χ2v) is 4.69. The molecule has 2 rings (SSSR count). The molecule has 18 heavy (non-hydrogen) atoms. The van der Waals surface area contributed by atoms with Crippen molar-refractivity contribution in [2.75, 3.05) is 37.2 Å². The van der Waals surface area contributed by atoms with Crippen LogP contribution in [0.5, 0.6) is 0 Å². The lowest BCUT2D eigenvalue weighted by molar-refractivity contribution is 0.237. The van der Waals surface area contributed by atoms with Gasteiger partial charge >= 0.3 is 0 Å². The summed E-state index contributed by atoms with van der Waals surface area (Å²) >= 11 is 0.